The van der Waals surface area contributed by atoms with Crippen molar-refractivity contribution in [1.29, 1.82) is 0 Å². The number of nitrogens with zero attached hydrogens (tertiary/aromatic N) is 3. The molecule has 67 heavy (non-hydrogen) atoms. The summed E-state index contributed by atoms with van der Waals surface area (Å²) in [5.74, 6) is 2.08. The van der Waals surface area contributed by atoms with Crippen LogP contribution >= 0.6 is 11.8 Å². The maximum Gasteiger partial charge on any atom is 0.331 e. The number of aliphatic hydroxyl groups excluding tert-OH is 1. The average molecular weight is 1150 g/mol. The first-order valence-electron chi connectivity index (χ1n) is 22.0. The van der Waals surface area contributed by atoms with E-state index in [0.29, 0.717) is 70.2 Å². The number of fused-ring (bicyclic) bond motifs is 10. The van der Waals surface area contributed by atoms with Crippen molar-refractivity contribution in [3.05, 3.63) is 92.8 Å². The van der Waals surface area contributed by atoms with Crippen molar-refractivity contribution in [2.24, 2.45) is 7.05 Å². The molecule has 2 fully saturated rings. The Bertz CT molecular complexity index is 2850. The van der Waals surface area contributed by atoms with Crippen LogP contribution in [0.15, 0.2) is 42.7 Å². The quantitative estimate of drug-likeness (QED) is 0.106. The number of aromatic nitrogens is 1. The van der Waals surface area contributed by atoms with E-state index in [0.717, 1.165) is 33.0 Å². The van der Waals surface area contributed by atoms with Gasteiger partial charge in [0.2, 0.25) is 6.79 Å². The molecule has 6 unspecified atom stereocenters. The molecule has 12 rings (SSSR count). The van der Waals surface area contributed by atoms with E-state index in [4.69, 9.17) is 28.4 Å². The van der Waals surface area contributed by atoms with Crippen LogP contribution in [-0.4, -0.2) is 114 Å². The summed E-state index contributed by atoms with van der Waals surface area (Å²) >= 11 is 1.47. The minimum absolute atomic E-state index is 0. The molecule has 1 radical (unpaired) electrons. The Morgan fingerprint density at radius 3 is 2.33 bits per heavy atom. The van der Waals surface area contributed by atoms with Crippen molar-refractivity contribution in [1.82, 2.24) is 15.1 Å². The largest absolute Gasteiger partial charge is 0.507 e. The number of phenolic OH excluding ortho intramolecular Hbond substituents is 4. The van der Waals surface area contributed by atoms with Crippen LogP contribution in [-0.2, 0) is 35.0 Å². The summed E-state index contributed by atoms with van der Waals surface area (Å²) in [4.78, 5) is 18.7. The number of ether oxygens (including phenoxy) is 6. The predicted octanol–water partition coefficient (Wildman–Crippen LogP) is 4.88. The summed E-state index contributed by atoms with van der Waals surface area (Å²) in [5, 5.41) is 61.9. The number of hydrogen-bond acceptors (Lipinski definition) is 16. The fourth-order valence-corrected chi connectivity index (χ4v) is 13.2. The zero-order valence-electron chi connectivity index (χ0n) is 38.7. The van der Waals surface area contributed by atoms with Crippen molar-refractivity contribution in [3.63, 3.8) is 0 Å². The number of hydrogen-bond donors (Lipinski definition) is 6. The fraction of sp³-hybridized carbons (Fsp3) is 0.429. The van der Waals surface area contributed by atoms with E-state index in [9.17, 15) is 30.3 Å². The number of rotatable bonds is 3. The molecule has 8 heterocycles. The van der Waals surface area contributed by atoms with E-state index >= 15 is 0 Å². The Balaban J connectivity index is 0.000000300. The number of aryl methyl sites for hydroxylation is 3. The molecule has 0 saturated carbocycles. The van der Waals surface area contributed by atoms with E-state index in [-0.39, 0.29) is 98.0 Å². The Hall–Kier alpha value is -4.41. The standard InChI is InChI=1S/C37H41N3O10S.C12H13NO2.Ac/c1-15-8-18-9-20-35(44)40-21-12-48-36(45)37(19-11-23(46-4)22(41)10-17(19)6-7-38-37)13-51-34(26-25(21)33-32(49-14-50-33)16(2)29(26)42)28(40)27(39(20)3)24(18)30(43)31(15)47-5;1-8-6-9-4-5-13(2)7-10(9)11(14)12(8)15-3;/h8,10-11,20-21,27-28,34-35,38,41-44H,6-7,9,12-14H2,1-5H3;4-7H,1-3H3;/p+1/t20?,21?,27?,28?,34?,35?,37-;;/m1../s1. The van der Waals surface area contributed by atoms with Gasteiger partial charge in [0.1, 0.15) is 25.6 Å². The molecule has 2 saturated heterocycles. The number of thioether (sulfide) groups is 1. The molecule has 7 aliphatic heterocycles. The minimum atomic E-state index is -1.32. The Kier molecular flexibility index (Phi) is 12.7. The Morgan fingerprint density at radius 1 is 0.881 bits per heavy atom. The molecule has 7 atom stereocenters. The van der Waals surface area contributed by atoms with Gasteiger partial charge in [0, 0.05) is 90.7 Å². The molecule has 5 aromatic rings. The number of nitrogens with one attached hydrogen (secondary N) is 1. The van der Waals surface area contributed by atoms with Gasteiger partial charge in [-0.25, -0.2) is 9.36 Å². The molecule has 1 aromatic heterocycles. The van der Waals surface area contributed by atoms with Gasteiger partial charge in [-0.3, -0.25) is 15.1 Å². The van der Waals surface area contributed by atoms with Crippen LogP contribution in [0.1, 0.15) is 67.4 Å². The number of piperazine rings is 1. The van der Waals surface area contributed by atoms with Crippen LogP contribution in [0.4, 0.5) is 0 Å². The first-order chi connectivity index (χ1) is 31.6. The number of carbonyl (C=O) groups is 1. The van der Waals surface area contributed by atoms with Gasteiger partial charge in [-0.15, -0.1) is 11.8 Å². The molecule has 6 N–H and O–H groups in total. The molecule has 0 amide bonds. The number of likely N-dealkylation sites (N-methyl/N-ethyl adjacent to an activating group) is 1. The fourth-order valence-electron chi connectivity index (χ4n) is 11.5. The molecule has 1 spiro atoms. The maximum atomic E-state index is 14.6. The van der Waals surface area contributed by atoms with E-state index in [2.05, 4.69) is 10.2 Å². The van der Waals surface area contributed by atoms with Gasteiger partial charge in [0.15, 0.2) is 63.9 Å². The second-order valence-electron chi connectivity index (χ2n) is 18.0. The molecule has 4 bridgehead atoms. The number of esters is 1. The third kappa shape index (κ3) is 7.18. The van der Waals surface area contributed by atoms with Crippen molar-refractivity contribution in [2.45, 2.75) is 74.8 Å². The summed E-state index contributed by atoms with van der Waals surface area (Å²) in [6.07, 6.45) is 3.88. The van der Waals surface area contributed by atoms with Gasteiger partial charge in [0.05, 0.1) is 50.1 Å². The molecular formula is C49H55AcN4O12S+. The summed E-state index contributed by atoms with van der Waals surface area (Å²) in [6, 6.07) is 7.28. The zero-order chi connectivity index (χ0) is 46.7. The van der Waals surface area contributed by atoms with Crippen LogP contribution in [0.3, 0.4) is 0 Å². The van der Waals surface area contributed by atoms with E-state index in [1.165, 1.54) is 18.9 Å². The Morgan fingerprint density at radius 2 is 1.60 bits per heavy atom. The van der Waals surface area contributed by atoms with E-state index in [1.54, 1.807) is 33.3 Å². The number of methoxy groups -OCH3 is 3. The minimum Gasteiger partial charge on any atom is -0.507 e. The van der Waals surface area contributed by atoms with Gasteiger partial charge in [-0.1, -0.05) is 6.07 Å². The number of benzene rings is 4. The topological polar surface area (TPSA) is 196 Å². The smallest absolute Gasteiger partial charge is 0.331 e. The first kappa shape index (κ1) is 47.6. The molecule has 16 nitrogen and oxygen atoms in total. The van der Waals surface area contributed by atoms with Crippen LogP contribution < -0.4 is 33.6 Å². The SMILES string of the molecule is COc1c(C)cc2cc[n+](C)cc2c1O.COc1cc2c(cc1O)CCN[C@]21CSC2c3c(O)c(C)c4c(c3C(COC1=O)N1C(O)C3Cc5cc(C)c(OC)c(O)c5C(C21)N3C)OCO4.[Ac]. The molecule has 4 aromatic carbocycles. The second kappa shape index (κ2) is 17.8. The predicted molar refractivity (Wildman–Crippen MR) is 243 cm³/mol. The maximum absolute atomic E-state index is 14.6. The zero-order valence-corrected chi connectivity index (χ0v) is 44.2. The van der Waals surface area contributed by atoms with Crippen LogP contribution in [0, 0.1) is 64.8 Å². The van der Waals surface area contributed by atoms with Crippen molar-refractivity contribution in [3.8, 4) is 51.7 Å². The van der Waals surface area contributed by atoms with Crippen LogP contribution in [0.2, 0.25) is 0 Å². The third-order valence-electron chi connectivity index (χ3n) is 14.6. The number of aromatic hydroxyl groups is 4. The average Bonchev–Trinajstić information content (AvgIpc) is 3.79. The summed E-state index contributed by atoms with van der Waals surface area (Å²) < 4.78 is 36.6. The molecule has 351 valence electrons. The second-order valence-corrected chi connectivity index (χ2v) is 19.2. The number of pyridine rings is 1. The van der Waals surface area contributed by atoms with Gasteiger partial charge in [-0.05, 0) is 92.1 Å². The van der Waals surface area contributed by atoms with Crippen LogP contribution in [0.5, 0.6) is 51.7 Å². The Labute approximate surface area is 428 Å². The first-order valence-corrected chi connectivity index (χ1v) is 23.0. The van der Waals surface area contributed by atoms with Gasteiger partial charge in [-0.2, -0.15) is 0 Å². The van der Waals surface area contributed by atoms with Crippen molar-refractivity contribution < 1.29 is 107 Å². The van der Waals surface area contributed by atoms with Gasteiger partial charge in [0.25, 0.3) is 0 Å². The normalized spacial score (nSPS) is 25.7. The van der Waals surface area contributed by atoms with Crippen molar-refractivity contribution in [2.75, 3.05) is 54.1 Å². The molecule has 18 heteroatoms. The number of phenols is 4. The summed E-state index contributed by atoms with van der Waals surface area (Å²) in [5.41, 5.74) is 5.32. The number of aliphatic hydroxyl groups is 1. The molecule has 7 aliphatic rings. The van der Waals surface area contributed by atoms with Gasteiger partial charge >= 0.3 is 5.97 Å². The third-order valence-corrected chi connectivity index (χ3v) is 16.1. The summed E-state index contributed by atoms with van der Waals surface area (Å²) in [7, 11) is 8.46. The van der Waals surface area contributed by atoms with E-state index < -0.39 is 41.1 Å². The molecular weight excluding hydrogens is 1100 g/mol. The monoisotopic (exact) mass is 1150 g/mol. The molecule has 0 aliphatic carbocycles. The number of carbonyl (C=O) groups excluding carboxylic acids is 1. The van der Waals surface area contributed by atoms with Gasteiger partial charge < -0.3 is 54.0 Å². The van der Waals surface area contributed by atoms with Crippen LogP contribution in [0.25, 0.3) is 10.8 Å². The van der Waals surface area contributed by atoms with E-state index in [1.807, 2.05) is 68.0 Å². The van der Waals surface area contributed by atoms with Crippen molar-refractivity contribution >= 4 is 28.5 Å². The summed E-state index contributed by atoms with van der Waals surface area (Å²) in [6.45, 7) is 5.88.